The maximum absolute atomic E-state index is 12.2. The van der Waals surface area contributed by atoms with Gasteiger partial charge in [-0.25, -0.2) is 0 Å². The van der Waals surface area contributed by atoms with Crippen molar-refractivity contribution in [2.75, 3.05) is 27.6 Å². The lowest BCUT2D eigenvalue weighted by Crippen LogP contribution is -2.55. The third kappa shape index (κ3) is 2.32. The number of aliphatic hydroxyl groups excluding tert-OH is 1. The Morgan fingerprint density at radius 3 is 2.55 bits per heavy atom. The molecule has 1 aromatic carbocycles. The molecule has 120 valence electrons. The number of hydrogen-bond donors (Lipinski definition) is 1. The van der Waals surface area contributed by atoms with Crippen molar-refractivity contribution in [2.24, 2.45) is 0 Å². The van der Waals surface area contributed by atoms with Crippen LogP contribution in [0.1, 0.15) is 30.5 Å². The number of carbonyl (C=O) groups excluding carboxylic acids is 1. The number of benzene rings is 1. The van der Waals surface area contributed by atoms with Crippen LogP contribution in [0.3, 0.4) is 0 Å². The zero-order valence-corrected chi connectivity index (χ0v) is 13.2. The Hall–Kier alpha value is -1.79. The lowest BCUT2D eigenvalue weighted by atomic mass is 9.85. The van der Waals surface area contributed by atoms with Gasteiger partial charge < -0.3 is 19.5 Å². The summed E-state index contributed by atoms with van der Waals surface area (Å²) in [5, 5.41) is 9.33. The van der Waals surface area contributed by atoms with E-state index < -0.39 is 0 Å². The van der Waals surface area contributed by atoms with Crippen LogP contribution in [0, 0.1) is 0 Å². The number of amides is 1. The first-order valence-corrected chi connectivity index (χ1v) is 7.48. The molecule has 0 aliphatic carbocycles. The molecule has 2 aliphatic heterocycles. The quantitative estimate of drug-likeness (QED) is 0.907. The van der Waals surface area contributed by atoms with Gasteiger partial charge in [-0.05, 0) is 36.6 Å². The van der Waals surface area contributed by atoms with E-state index in [0.717, 1.165) is 17.7 Å². The molecule has 1 fully saturated rings. The maximum Gasteiger partial charge on any atom is 0.227 e. The fraction of sp³-hybridized carbons (Fsp3) is 0.562. The number of methoxy groups -OCH3 is 2. The SMILES string of the molecule is COc1cc2c(cc1OC)[C@H]1CC(=O)N(CO)CN1[C@@H](C)C2. The Kier molecular flexibility index (Phi) is 3.97. The van der Waals surface area contributed by atoms with Crippen molar-refractivity contribution < 1.29 is 19.4 Å². The van der Waals surface area contributed by atoms with Gasteiger partial charge in [-0.3, -0.25) is 9.69 Å². The number of hydrogen-bond acceptors (Lipinski definition) is 5. The van der Waals surface area contributed by atoms with Gasteiger partial charge in [0.25, 0.3) is 0 Å². The first-order chi connectivity index (χ1) is 10.6. The molecular formula is C16H22N2O4. The molecule has 6 nitrogen and oxygen atoms in total. The van der Waals surface area contributed by atoms with Crippen LogP contribution >= 0.6 is 0 Å². The van der Waals surface area contributed by atoms with Crippen LogP contribution in [-0.2, 0) is 11.2 Å². The fourth-order valence-electron chi connectivity index (χ4n) is 3.50. The van der Waals surface area contributed by atoms with Crippen LogP contribution in [0.25, 0.3) is 0 Å². The average Bonchev–Trinajstić information content (AvgIpc) is 2.53. The minimum atomic E-state index is -0.229. The lowest BCUT2D eigenvalue weighted by molar-refractivity contribution is -0.148. The van der Waals surface area contributed by atoms with Crippen LogP contribution in [0.4, 0.5) is 0 Å². The third-order valence-corrected chi connectivity index (χ3v) is 4.71. The van der Waals surface area contributed by atoms with Gasteiger partial charge in [-0.2, -0.15) is 0 Å². The summed E-state index contributed by atoms with van der Waals surface area (Å²) < 4.78 is 10.8. The second kappa shape index (κ2) is 5.78. The van der Waals surface area contributed by atoms with Gasteiger partial charge in [-0.15, -0.1) is 0 Å². The Balaban J connectivity index is 2.02. The minimum Gasteiger partial charge on any atom is -0.493 e. The van der Waals surface area contributed by atoms with Crippen molar-refractivity contribution in [1.29, 1.82) is 0 Å². The third-order valence-electron chi connectivity index (χ3n) is 4.71. The summed E-state index contributed by atoms with van der Waals surface area (Å²) in [6.07, 6.45) is 1.27. The predicted molar refractivity (Wildman–Crippen MR) is 80.7 cm³/mol. The van der Waals surface area contributed by atoms with E-state index >= 15 is 0 Å². The van der Waals surface area contributed by atoms with Gasteiger partial charge >= 0.3 is 0 Å². The number of rotatable bonds is 3. The molecule has 2 heterocycles. The molecule has 0 unspecified atom stereocenters. The van der Waals surface area contributed by atoms with E-state index in [2.05, 4.69) is 11.8 Å². The number of carbonyl (C=O) groups is 1. The molecule has 1 N–H and O–H groups in total. The Morgan fingerprint density at radius 2 is 1.91 bits per heavy atom. The summed E-state index contributed by atoms with van der Waals surface area (Å²) in [4.78, 5) is 15.9. The highest BCUT2D eigenvalue weighted by Gasteiger charge is 2.39. The van der Waals surface area contributed by atoms with Gasteiger partial charge in [0.15, 0.2) is 11.5 Å². The molecule has 0 spiro atoms. The summed E-state index contributed by atoms with van der Waals surface area (Å²) in [5.74, 6) is 1.40. The Morgan fingerprint density at radius 1 is 1.23 bits per heavy atom. The second-order valence-corrected chi connectivity index (χ2v) is 5.91. The van der Waals surface area contributed by atoms with Gasteiger partial charge in [-0.1, -0.05) is 0 Å². The van der Waals surface area contributed by atoms with Gasteiger partial charge in [0.05, 0.1) is 20.9 Å². The van der Waals surface area contributed by atoms with Crippen LogP contribution in [-0.4, -0.2) is 54.5 Å². The minimum absolute atomic E-state index is 0.0152. The molecule has 0 radical (unpaired) electrons. The molecule has 1 amide bonds. The van der Waals surface area contributed by atoms with E-state index in [1.165, 1.54) is 10.5 Å². The first kappa shape index (κ1) is 15.1. The summed E-state index contributed by atoms with van der Waals surface area (Å²) in [6.45, 7) is 2.39. The molecule has 0 bridgehead atoms. The number of nitrogens with zero attached hydrogens (tertiary/aromatic N) is 2. The second-order valence-electron chi connectivity index (χ2n) is 5.91. The molecule has 1 saturated heterocycles. The van der Waals surface area contributed by atoms with Crippen LogP contribution in [0.15, 0.2) is 12.1 Å². The molecule has 1 aromatic rings. The van der Waals surface area contributed by atoms with Crippen molar-refractivity contribution in [2.45, 2.75) is 31.8 Å². The predicted octanol–water partition coefficient (Wildman–Crippen LogP) is 1.13. The van der Waals surface area contributed by atoms with E-state index in [1.54, 1.807) is 14.2 Å². The van der Waals surface area contributed by atoms with E-state index in [0.29, 0.717) is 24.9 Å². The van der Waals surface area contributed by atoms with E-state index in [9.17, 15) is 9.90 Å². The molecule has 0 aromatic heterocycles. The van der Waals surface area contributed by atoms with Crippen molar-refractivity contribution in [3.63, 3.8) is 0 Å². The maximum atomic E-state index is 12.2. The van der Waals surface area contributed by atoms with Crippen molar-refractivity contribution in [3.05, 3.63) is 23.3 Å². The van der Waals surface area contributed by atoms with Crippen molar-refractivity contribution >= 4 is 5.91 Å². The van der Waals surface area contributed by atoms with Crippen molar-refractivity contribution in [3.8, 4) is 11.5 Å². The monoisotopic (exact) mass is 306 g/mol. The van der Waals surface area contributed by atoms with Gasteiger partial charge in [0.1, 0.15) is 6.73 Å². The topological polar surface area (TPSA) is 62.2 Å². The number of fused-ring (bicyclic) bond motifs is 3. The first-order valence-electron chi connectivity index (χ1n) is 7.48. The van der Waals surface area contributed by atoms with Crippen LogP contribution in [0.2, 0.25) is 0 Å². The Bertz CT molecular complexity index is 590. The van der Waals surface area contributed by atoms with Crippen molar-refractivity contribution in [1.82, 2.24) is 9.80 Å². The molecule has 3 rings (SSSR count). The average molecular weight is 306 g/mol. The van der Waals surface area contributed by atoms with E-state index in [1.807, 2.05) is 12.1 Å². The van der Waals surface area contributed by atoms with Crippen LogP contribution in [0.5, 0.6) is 11.5 Å². The fourth-order valence-corrected chi connectivity index (χ4v) is 3.50. The summed E-state index contributed by atoms with van der Waals surface area (Å²) in [6, 6.07) is 4.34. The summed E-state index contributed by atoms with van der Waals surface area (Å²) in [5.41, 5.74) is 2.33. The Labute approximate surface area is 130 Å². The smallest absolute Gasteiger partial charge is 0.227 e. The largest absolute Gasteiger partial charge is 0.493 e. The zero-order valence-electron chi connectivity index (χ0n) is 13.2. The highest BCUT2D eigenvalue weighted by molar-refractivity contribution is 5.78. The highest BCUT2D eigenvalue weighted by atomic mass is 16.5. The normalized spacial score (nSPS) is 24.7. The molecule has 0 saturated carbocycles. The summed E-state index contributed by atoms with van der Waals surface area (Å²) in [7, 11) is 3.25. The molecule has 6 heteroatoms. The standard InChI is InChI=1S/C16H22N2O4/c1-10-4-11-5-14(21-2)15(22-3)6-12(11)13-7-16(20)17(9-19)8-18(10)13/h5-6,10,13,19H,4,7-9H2,1-3H3/t10-,13+/m0/s1. The molecule has 2 aliphatic rings. The van der Waals surface area contributed by atoms with Crippen LogP contribution < -0.4 is 9.47 Å². The van der Waals surface area contributed by atoms with Gasteiger partial charge in [0.2, 0.25) is 5.91 Å². The molecular weight excluding hydrogens is 284 g/mol. The highest BCUT2D eigenvalue weighted by Crippen LogP contribution is 2.42. The summed E-state index contributed by atoms with van der Waals surface area (Å²) >= 11 is 0. The molecule has 22 heavy (non-hydrogen) atoms. The van der Waals surface area contributed by atoms with Gasteiger partial charge in [0, 0.05) is 18.5 Å². The number of ether oxygens (including phenoxy) is 2. The zero-order chi connectivity index (χ0) is 15.9. The van der Waals surface area contributed by atoms with E-state index in [4.69, 9.17) is 9.47 Å². The number of aliphatic hydroxyl groups is 1. The van der Waals surface area contributed by atoms with E-state index in [-0.39, 0.29) is 18.7 Å². The lowest BCUT2D eigenvalue weighted by Gasteiger charge is -2.47. The molecule has 2 atom stereocenters.